The summed E-state index contributed by atoms with van der Waals surface area (Å²) < 4.78 is 12.8. The van der Waals surface area contributed by atoms with Gasteiger partial charge in [0.05, 0.1) is 24.8 Å². The Kier molecular flexibility index (Phi) is 5.29. The average molecular weight is 351 g/mol. The van der Waals surface area contributed by atoms with Crippen LogP contribution < -0.4 is 14.8 Å². The molecule has 26 heavy (non-hydrogen) atoms. The Balaban J connectivity index is 1.58. The fourth-order valence-corrected chi connectivity index (χ4v) is 2.35. The second-order valence-electron chi connectivity index (χ2n) is 5.32. The molecule has 0 unspecified atom stereocenters. The molecular weight excluding hydrogens is 334 g/mol. The van der Waals surface area contributed by atoms with Crippen LogP contribution in [0.4, 0.5) is 0 Å². The molecule has 132 valence electrons. The first-order chi connectivity index (χ1) is 12.7. The quantitative estimate of drug-likeness (QED) is 0.695. The standard InChI is InChI=1S/C18H17N5O3/c1-2-25-15-9-13(10-19)6-7-14(15)26-12-18(24)20-11-17-22-21-16-5-3-4-8-23(16)17/h3-9H,2,11-12H2,1H3,(H,20,24). The number of hydrogen-bond acceptors (Lipinski definition) is 6. The van der Waals surface area contributed by atoms with Gasteiger partial charge in [-0.3, -0.25) is 9.20 Å². The number of amides is 1. The van der Waals surface area contributed by atoms with Gasteiger partial charge in [-0.25, -0.2) is 0 Å². The van der Waals surface area contributed by atoms with Gasteiger partial charge in [0.2, 0.25) is 0 Å². The number of carbonyl (C=O) groups is 1. The van der Waals surface area contributed by atoms with E-state index < -0.39 is 0 Å². The van der Waals surface area contributed by atoms with Crippen LogP contribution in [-0.4, -0.2) is 33.7 Å². The second kappa shape index (κ2) is 7.98. The van der Waals surface area contributed by atoms with Crippen LogP contribution in [0.2, 0.25) is 0 Å². The number of ether oxygens (including phenoxy) is 2. The Hall–Kier alpha value is -3.60. The summed E-state index contributed by atoms with van der Waals surface area (Å²) in [6, 6.07) is 12.4. The first-order valence-corrected chi connectivity index (χ1v) is 8.06. The molecule has 0 aliphatic rings. The largest absolute Gasteiger partial charge is 0.490 e. The van der Waals surface area contributed by atoms with E-state index in [1.165, 1.54) is 0 Å². The number of fused-ring (bicyclic) bond motifs is 1. The zero-order valence-corrected chi connectivity index (χ0v) is 14.2. The van der Waals surface area contributed by atoms with Crippen molar-refractivity contribution in [1.82, 2.24) is 19.9 Å². The van der Waals surface area contributed by atoms with Crippen LogP contribution in [0.1, 0.15) is 18.3 Å². The molecule has 8 nitrogen and oxygen atoms in total. The van der Waals surface area contributed by atoms with E-state index in [1.54, 1.807) is 22.6 Å². The number of nitrogens with one attached hydrogen (secondary N) is 1. The summed E-state index contributed by atoms with van der Waals surface area (Å²) in [7, 11) is 0. The first-order valence-electron chi connectivity index (χ1n) is 8.06. The van der Waals surface area contributed by atoms with Crippen molar-refractivity contribution in [2.75, 3.05) is 13.2 Å². The predicted octanol–water partition coefficient (Wildman–Crippen LogP) is 1.69. The summed E-state index contributed by atoms with van der Waals surface area (Å²) in [4.78, 5) is 12.1. The van der Waals surface area contributed by atoms with E-state index in [0.717, 1.165) is 0 Å². The molecule has 0 radical (unpaired) electrons. The number of nitriles is 1. The van der Waals surface area contributed by atoms with Crippen molar-refractivity contribution in [2.45, 2.75) is 13.5 Å². The lowest BCUT2D eigenvalue weighted by atomic mass is 10.2. The van der Waals surface area contributed by atoms with Crippen molar-refractivity contribution in [1.29, 1.82) is 5.26 Å². The predicted molar refractivity (Wildman–Crippen MR) is 92.7 cm³/mol. The van der Waals surface area contributed by atoms with Gasteiger partial charge in [-0.15, -0.1) is 10.2 Å². The van der Waals surface area contributed by atoms with Crippen molar-refractivity contribution in [3.05, 3.63) is 54.0 Å². The van der Waals surface area contributed by atoms with Crippen LogP contribution in [0.5, 0.6) is 11.5 Å². The van der Waals surface area contributed by atoms with Crippen LogP contribution in [0.25, 0.3) is 5.65 Å². The fourth-order valence-electron chi connectivity index (χ4n) is 2.35. The molecule has 1 amide bonds. The summed E-state index contributed by atoms with van der Waals surface area (Å²) >= 11 is 0. The van der Waals surface area contributed by atoms with Gasteiger partial charge in [0.1, 0.15) is 0 Å². The van der Waals surface area contributed by atoms with Gasteiger partial charge in [-0.05, 0) is 31.2 Å². The smallest absolute Gasteiger partial charge is 0.258 e. The van der Waals surface area contributed by atoms with Crippen molar-refractivity contribution < 1.29 is 14.3 Å². The molecule has 0 aliphatic carbocycles. The van der Waals surface area contributed by atoms with E-state index in [2.05, 4.69) is 15.5 Å². The van der Waals surface area contributed by atoms with Gasteiger partial charge < -0.3 is 14.8 Å². The maximum absolute atomic E-state index is 12.1. The number of hydrogen-bond donors (Lipinski definition) is 1. The molecule has 0 atom stereocenters. The van der Waals surface area contributed by atoms with Crippen LogP contribution >= 0.6 is 0 Å². The Morgan fingerprint density at radius 2 is 2.12 bits per heavy atom. The Morgan fingerprint density at radius 1 is 1.23 bits per heavy atom. The lowest BCUT2D eigenvalue weighted by Crippen LogP contribution is -2.29. The topological polar surface area (TPSA) is 102 Å². The van der Waals surface area contributed by atoms with E-state index in [4.69, 9.17) is 14.7 Å². The maximum atomic E-state index is 12.1. The fraction of sp³-hybridized carbons (Fsp3) is 0.222. The van der Waals surface area contributed by atoms with Crippen LogP contribution in [0.15, 0.2) is 42.6 Å². The minimum absolute atomic E-state index is 0.178. The van der Waals surface area contributed by atoms with Gasteiger partial charge in [-0.2, -0.15) is 5.26 Å². The molecule has 1 aromatic carbocycles. The number of aromatic nitrogens is 3. The molecule has 0 saturated heterocycles. The number of carbonyl (C=O) groups excluding carboxylic acids is 1. The summed E-state index contributed by atoms with van der Waals surface area (Å²) in [5.74, 6) is 1.17. The minimum atomic E-state index is -0.301. The van der Waals surface area contributed by atoms with E-state index in [1.807, 2.05) is 37.4 Å². The summed E-state index contributed by atoms with van der Waals surface area (Å²) in [6.45, 7) is 2.32. The highest BCUT2D eigenvalue weighted by molar-refractivity contribution is 5.77. The monoisotopic (exact) mass is 351 g/mol. The van der Waals surface area contributed by atoms with Gasteiger partial charge in [-0.1, -0.05) is 6.07 Å². The number of pyridine rings is 1. The Morgan fingerprint density at radius 3 is 2.92 bits per heavy atom. The molecule has 3 rings (SSSR count). The lowest BCUT2D eigenvalue weighted by molar-refractivity contribution is -0.123. The van der Waals surface area contributed by atoms with E-state index in [9.17, 15) is 4.79 Å². The van der Waals surface area contributed by atoms with Crippen molar-refractivity contribution >= 4 is 11.6 Å². The van der Waals surface area contributed by atoms with Crippen molar-refractivity contribution in [3.63, 3.8) is 0 Å². The van der Waals surface area contributed by atoms with Crippen LogP contribution in [0.3, 0.4) is 0 Å². The highest BCUT2D eigenvalue weighted by Crippen LogP contribution is 2.28. The molecule has 0 bridgehead atoms. The Bertz CT molecular complexity index is 961. The molecule has 3 aromatic rings. The average Bonchev–Trinajstić information content (AvgIpc) is 3.08. The van der Waals surface area contributed by atoms with Crippen molar-refractivity contribution in [2.24, 2.45) is 0 Å². The SMILES string of the molecule is CCOc1cc(C#N)ccc1OCC(=O)NCc1nnc2ccccn12. The second-order valence-corrected chi connectivity index (χ2v) is 5.32. The molecule has 8 heteroatoms. The molecule has 0 saturated carbocycles. The van der Waals surface area contributed by atoms with Gasteiger partial charge in [0.25, 0.3) is 5.91 Å². The van der Waals surface area contributed by atoms with Crippen LogP contribution in [-0.2, 0) is 11.3 Å². The van der Waals surface area contributed by atoms with Crippen LogP contribution in [0, 0.1) is 11.3 Å². The number of benzene rings is 1. The molecule has 2 aromatic heterocycles. The minimum Gasteiger partial charge on any atom is -0.490 e. The van der Waals surface area contributed by atoms with E-state index in [-0.39, 0.29) is 19.1 Å². The van der Waals surface area contributed by atoms with Gasteiger partial charge in [0, 0.05) is 12.3 Å². The van der Waals surface area contributed by atoms with E-state index in [0.29, 0.717) is 35.1 Å². The molecule has 0 fully saturated rings. The van der Waals surface area contributed by atoms with E-state index >= 15 is 0 Å². The third kappa shape index (κ3) is 3.89. The molecule has 2 heterocycles. The third-order valence-corrected chi connectivity index (χ3v) is 3.56. The first kappa shape index (κ1) is 17.2. The van der Waals surface area contributed by atoms with Crippen molar-refractivity contribution in [3.8, 4) is 17.6 Å². The summed E-state index contributed by atoms with van der Waals surface area (Å²) in [6.07, 6.45) is 1.83. The highest BCUT2D eigenvalue weighted by Gasteiger charge is 2.11. The molecular formula is C18H17N5O3. The number of rotatable bonds is 7. The molecule has 0 aliphatic heterocycles. The van der Waals surface area contributed by atoms with Gasteiger partial charge >= 0.3 is 0 Å². The maximum Gasteiger partial charge on any atom is 0.258 e. The van der Waals surface area contributed by atoms with Gasteiger partial charge in [0.15, 0.2) is 29.6 Å². The normalized spacial score (nSPS) is 10.3. The zero-order chi connectivity index (χ0) is 18.4. The lowest BCUT2D eigenvalue weighted by Gasteiger charge is -2.12. The Labute approximate surface area is 150 Å². The number of nitrogens with zero attached hydrogens (tertiary/aromatic N) is 4. The molecule has 1 N–H and O–H groups in total. The zero-order valence-electron chi connectivity index (χ0n) is 14.2. The summed E-state index contributed by atoms with van der Waals surface area (Å²) in [5, 5.41) is 19.8. The highest BCUT2D eigenvalue weighted by atomic mass is 16.5. The third-order valence-electron chi connectivity index (χ3n) is 3.56. The molecule has 0 spiro atoms. The summed E-state index contributed by atoms with van der Waals surface area (Å²) in [5.41, 5.74) is 1.18.